The van der Waals surface area contributed by atoms with Gasteiger partial charge in [-0.15, -0.1) is 0 Å². The third-order valence-electron chi connectivity index (χ3n) is 8.57. The van der Waals surface area contributed by atoms with Crippen LogP contribution in [0.2, 0.25) is 0 Å². The molecule has 6 N–H and O–H groups in total. The van der Waals surface area contributed by atoms with Crippen molar-refractivity contribution >= 4 is 40.8 Å². The number of carbonyl (C=O) groups excluding carboxylic acids is 5. The molecule has 6 rings (SSSR count). The molecular weight excluding hydrogens is 618 g/mol. The predicted molar refractivity (Wildman–Crippen MR) is 177 cm³/mol. The highest BCUT2D eigenvalue weighted by Crippen LogP contribution is 2.42. The molecule has 2 bridgehead atoms. The minimum atomic E-state index is -1.05. The van der Waals surface area contributed by atoms with Crippen LogP contribution < -0.4 is 16.4 Å². The Kier molecular flexibility index (Phi) is 9.87. The van der Waals surface area contributed by atoms with Gasteiger partial charge in [-0.3, -0.25) is 24.1 Å². The molecule has 2 aliphatic heterocycles. The summed E-state index contributed by atoms with van der Waals surface area (Å²) in [6.07, 6.45) is -0.501. The number of nitrogens with zero attached hydrogens (tertiary/aromatic N) is 2. The summed E-state index contributed by atoms with van der Waals surface area (Å²) in [5.41, 5.74) is 6.24. The van der Waals surface area contributed by atoms with Crippen LogP contribution in [0.5, 0.6) is 11.5 Å². The largest absolute Gasteiger partial charge is 0.507 e. The minimum Gasteiger partial charge on any atom is -0.507 e. The van der Waals surface area contributed by atoms with Gasteiger partial charge >= 0.3 is 6.09 Å². The number of anilines is 2. The van der Waals surface area contributed by atoms with Gasteiger partial charge in [0.05, 0.1) is 22.3 Å². The highest BCUT2D eigenvalue weighted by molar-refractivity contribution is 6.33. The molecule has 0 saturated carbocycles. The topological polar surface area (TPSA) is 192 Å². The third kappa shape index (κ3) is 6.61. The van der Waals surface area contributed by atoms with Gasteiger partial charge in [-0.1, -0.05) is 44.2 Å². The quantitative estimate of drug-likeness (QED) is 0.152. The number of phenols is 2. The first-order chi connectivity index (χ1) is 22.9. The van der Waals surface area contributed by atoms with Crippen LogP contribution in [0.4, 0.5) is 16.2 Å². The highest BCUT2D eigenvalue weighted by Gasteiger charge is 2.40. The van der Waals surface area contributed by atoms with Gasteiger partial charge in [0.25, 0.3) is 0 Å². The number of benzene rings is 3. The van der Waals surface area contributed by atoms with Gasteiger partial charge in [0.1, 0.15) is 30.2 Å². The van der Waals surface area contributed by atoms with Crippen LogP contribution in [-0.2, 0) is 20.9 Å². The summed E-state index contributed by atoms with van der Waals surface area (Å²) >= 11 is 0. The lowest BCUT2D eigenvalue weighted by atomic mass is 9.81. The summed E-state index contributed by atoms with van der Waals surface area (Å²) in [6.45, 7) is 5.21. The van der Waals surface area contributed by atoms with Gasteiger partial charge < -0.3 is 36.2 Å². The van der Waals surface area contributed by atoms with E-state index in [-0.39, 0.29) is 78.8 Å². The van der Waals surface area contributed by atoms with Crippen molar-refractivity contribution in [1.29, 1.82) is 0 Å². The summed E-state index contributed by atoms with van der Waals surface area (Å²) in [4.78, 5) is 70.9. The van der Waals surface area contributed by atoms with Crippen LogP contribution in [0.3, 0.4) is 0 Å². The van der Waals surface area contributed by atoms with Crippen molar-refractivity contribution < 1.29 is 38.9 Å². The number of ketones is 2. The molecule has 2 heterocycles. The second-order valence-corrected chi connectivity index (χ2v) is 12.3. The first-order valence-electron chi connectivity index (χ1n) is 15.8. The Morgan fingerprint density at radius 1 is 0.833 bits per heavy atom. The number of fused-ring (bicyclic) bond motifs is 11. The van der Waals surface area contributed by atoms with E-state index in [1.807, 2.05) is 32.0 Å². The fraction of sp³-hybridized carbons (Fsp3) is 0.343. The van der Waals surface area contributed by atoms with Gasteiger partial charge in [-0.05, 0) is 49.1 Å². The van der Waals surface area contributed by atoms with E-state index in [1.54, 1.807) is 24.3 Å². The Morgan fingerprint density at radius 3 is 1.90 bits per heavy atom. The van der Waals surface area contributed by atoms with E-state index in [0.29, 0.717) is 0 Å². The Bertz CT molecular complexity index is 1760. The standard InChI is InChI=1S/C35H39N5O8/c1-19(2)17-24-34(46)39(20(3)33(36)45)15-13-37-22-9-10-23(38-14-16-40(24)35(47)48-18-21-7-5-4-6-8-21)28-27(22)31(43)29-25(41)11-12-26(42)30(29)32(28)44/h4-12,19-20,24,37-38,41-42H,13-18H2,1-3H3,(H2,36,45)/t20-,24-/m0/s1. The molecule has 252 valence electrons. The van der Waals surface area contributed by atoms with E-state index < -0.39 is 53.1 Å². The molecule has 0 aromatic heterocycles. The lowest BCUT2D eigenvalue weighted by molar-refractivity contribution is -0.143. The van der Waals surface area contributed by atoms with Gasteiger partial charge in [-0.25, -0.2) is 4.79 Å². The number of amides is 3. The summed E-state index contributed by atoms with van der Waals surface area (Å²) in [5, 5.41) is 27.4. The highest BCUT2D eigenvalue weighted by atomic mass is 16.6. The maximum atomic E-state index is 14.3. The third-order valence-corrected chi connectivity index (χ3v) is 8.57. The van der Waals surface area contributed by atoms with Crippen molar-refractivity contribution in [3.05, 3.63) is 82.4 Å². The van der Waals surface area contributed by atoms with Crippen molar-refractivity contribution in [2.24, 2.45) is 11.7 Å². The fourth-order valence-electron chi connectivity index (χ4n) is 6.11. The van der Waals surface area contributed by atoms with E-state index in [2.05, 4.69) is 10.6 Å². The molecule has 0 unspecified atom stereocenters. The van der Waals surface area contributed by atoms with Gasteiger partial charge in [0.15, 0.2) is 0 Å². The van der Waals surface area contributed by atoms with E-state index in [0.717, 1.165) is 17.7 Å². The molecule has 0 fully saturated rings. The lowest BCUT2D eigenvalue weighted by Gasteiger charge is -2.37. The smallest absolute Gasteiger partial charge is 0.410 e. The average Bonchev–Trinajstić information content (AvgIpc) is 3.06. The number of rotatable bonds is 6. The molecule has 1 aliphatic carbocycles. The van der Waals surface area contributed by atoms with E-state index in [1.165, 1.54) is 16.7 Å². The monoisotopic (exact) mass is 657 g/mol. The molecule has 0 saturated heterocycles. The Hall–Kier alpha value is -5.59. The second-order valence-electron chi connectivity index (χ2n) is 12.3. The molecule has 3 amide bonds. The number of carbonyl (C=O) groups is 5. The number of aromatic hydroxyl groups is 2. The first kappa shape index (κ1) is 33.8. The van der Waals surface area contributed by atoms with Crippen molar-refractivity contribution in [2.45, 2.75) is 45.9 Å². The zero-order chi connectivity index (χ0) is 34.7. The SMILES string of the molecule is CC(C)C[C@H]1C(=O)N([C@@H](C)C(N)=O)CCNc2ccc(c3c2C(=O)c2c(O)ccc(O)c2C3=O)NCCN1C(=O)OCc1ccccc1. The second kappa shape index (κ2) is 14.0. The number of phenolic OH excluding ortho intramolecular Hbond substituents is 2. The lowest BCUT2D eigenvalue weighted by Crippen LogP contribution is -2.57. The van der Waals surface area contributed by atoms with E-state index >= 15 is 0 Å². The molecule has 48 heavy (non-hydrogen) atoms. The Balaban J connectivity index is 1.59. The van der Waals surface area contributed by atoms with Crippen LogP contribution in [0.1, 0.15) is 64.6 Å². The van der Waals surface area contributed by atoms with Crippen molar-refractivity contribution in [3.63, 3.8) is 0 Å². The van der Waals surface area contributed by atoms with Crippen molar-refractivity contribution in [2.75, 3.05) is 36.8 Å². The molecule has 3 aromatic rings. The maximum absolute atomic E-state index is 14.3. The van der Waals surface area contributed by atoms with Crippen molar-refractivity contribution in [1.82, 2.24) is 9.80 Å². The molecule has 13 nitrogen and oxygen atoms in total. The zero-order valence-electron chi connectivity index (χ0n) is 27.0. The predicted octanol–water partition coefficient (Wildman–Crippen LogP) is 3.47. The van der Waals surface area contributed by atoms with Gasteiger partial charge in [0.2, 0.25) is 23.4 Å². The van der Waals surface area contributed by atoms with E-state index in [4.69, 9.17) is 10.5 Å². The molecule has 3 aliphatic rings. The Morgan fingerprint density at radius 2 is 1.38 bits per heavy atom. The first-order valence-corrected chi connectivity index (χ1v) is 15.8. The van der Waals surface area contributed by atoms with Gasteiger partial charge in [-0.2, -0.15) is 0 Å². The average molecular weight is 658 g/mol. The van der Waals surface area contributed by atoms with Crippen LogP contribution >= 0.6 is 0 Å². The summed E-state index contributed by atoms with van der Waals surface area (Å²) in [5.74, 6) is -3.56. The number of hydrogen-bond donors (Lipinski definition) is 5. The summed E-state index contributed by atoms with van der Waals surface area (Å²) < 4.78 is 5.68. The van der Waals surface area contributed by atoms with Crippen LogP contribution in [0, 0.1) is 5.92 Å². The maximum Gasteiger partial charge on any atom is 0.410 e. The number of nitrogens with two attached hydrogens (primary N) is 1. The zero-order valence-corrected chi connectivity index (χ0v) is 27.0. The van der Waals surface area contributed by atoms with E-state index in [9.17, 15) is 34.2 Å². The minimum absolute atomic E-state index is 0.0211. The fourth-order valence-corrected chi connectivity index (χ4v) is 6.11. The van der Waals surface area contributed by atoms with Crippen LogP contribution in [-0.4, -0.2) is 87.7 Å². The van der Waals surface area contributed by atoms with Crippen LogP contribution in [0.25, 0.3) is 0 Å². The number of primary amides is 1. The Labute approximate surface area is 277 Å². The number of nitrogens with one attached hydrogen (secondary N) is 2. The molecule has 0 spiro atoms. The molecule has 2 atom stereocenters. The summed E-state index contributed by atoms with van der Waals surface area (Å²) in [7, 11) is 0. The summed E-state index contributed by atoms with van der Waals surface area (Å²) in [6, 6.07) is 12.5. The molecule has 3 aromatic carbocycles. The molecule has 13 heteroatoms. The molecule has 0 radical (unpaired) electrons. The van der Waals surface area contributed by atoms with Crippen molar-refractivity contribution in [3.8, 4) is 11.5 Å². The normalized spacial score (nSPS) is 17.2. The molecular formula is C35H39N5O8. The number of hydrogen-bond acceptors (Lipinski definition) is 10. The van der Waals surface area contributed by atoms with Crippen LogP contribution in [0.15, 0.2) is 54.6 Å². The number of ether oxygens (including phenoxy) is 1. The van der Waals surface area contributed by atoms with Gasteiger partial charge in [0, 0.05) is 37.6 Å².